The molecule has 0 saturated heterocycles. The summed E-state index contributed by atoms with van der Waals surface area (Å²) in [5, 5.41) is 4.34. The molecule has 0 saturated carbocycles. The van der Waals surface area contributed by atoms with Crippen molar-refractivity contribution in [1.82, 2.24) is 10.3 Å². The summed E-state index contributed by atoms with van der Waals surface area (Å²) >= 11 is 0. The van der Waals surface area contributed by atoms with Crippen LogP contribution in [0.5, 0.6) is 0 Å². The molecule has 2 N–H and O–H groups in total. The van der Waals surface area contributed by atoms with Gasteiger partial charge >= 0.3 is 0 Å². The zero-order valence-electron chi connectivity index (χ0n) is 10.8. The predicted octanol–water partition coefficient (Wildman–Crippen LogP) is 3.74. The van der Waals surface area contributed by atoms with Crippen LogP contribution >= 0.6 is 0 Å². The minimum atomic E-state index is -0.552. The first-order chi connectivity index (χ1) is 9.74. The molecule has 2 nitrogen and oxygen atoms in total. The summed E-state index contributed by atoms with van der Waals surface area (Å²) in [7, 11) is 0. The topological polar surface area (TPSA) is 27.8 Å². The van der Waals surface area contributed by atoms with E-state index in [1.165, 1.54) is 12.1 Å². The number of H-pyrrole nitrogens is 1. The fraction of sp³-hybridized carbons (Fsp3) is 0.125. The van der Waals surface area contributed by atoms with Gasteiger partial charge in [-0.15, -0.1) is 0 Å². The van der Waals surface area contributed by atoms with Crippen LogP contribution in [-0.4, -0.2) is 4.98 Å². The van der Waals surface area contributed by atoms with E-state index >= 15 is 0 Å². The molecule has 0 aliphatic heterocycles. The third-order valence-corrected chi connectivity index (χ3v) is 3.33. The SMILES string of the molecule is Fc1ccc(CNCc2cccc3[nH]ccc23)c(F)c1. The summed E-state index contributed by atoms with van der Waals surface area (Å²) < 4.78 is 26.3. The highest BCUT2D eigenvalue weighted by Crippen LogP contribution is 2.17. The van der Waals surface area contributed by atoms with E-state index in [9.17, 15) is 8.78 Å². The average molecular weight is 272 g/mol. The van der Waals surface area contributed by atoms with Crippen molar-refractivity contribution in [2.75, 3.05) is 0 Å². The number of nitrogens with one attached hydrogen (secondary N) is 2. The first kappa shape index (κ1) is 12.8. The Morgan fingerprint density at radius 3 is 2.65 bits per heavy atom. The van der Waals surface area contributed by atoms with Crippen LogP contribution in [0.1, 0.15) is 11.1 Å². The van der Waals surface area contributed by atoms with Gasteiger partial charge in [0, 0.05) is 41.8 Å². The molecule has 1 aromatic heterocycles. The summed E-state index contributed by atoms with van der Waals surface area (Å²) in [6, 6.07) is 11.7. The Kier molecular flexibility index (Phi) is 3.48. The lowest BCUT2D eigenvalue weighted by Gasteiger charge is -2.07. The van der Waals surface area contributed by atoms with Crippen LogP contribution in [0.2, 0.25) is 0 Å². The van der Waals surface area contributed by atoms with Crippen LogP contribution in [0.4, 0.5) is 8.78 Å². The molecule has 0 fully saturated rings. The number of rotatable bonds is 4. The van der Waals surface area contributed by atoms with E-state index in [1.54, 1.807) is 0 Å². The summed E-state index contributed by atoms with van der Waals surface area (Å²) in [5.74, 6) is -1.07. The highest BCUT2D eigenvalue weighted by molar-refractivity contribution is 5.82. The van der Waals surface area contributed by atoms with Crippen molar-refractivity contribution < 1.29 is 8.78 Å². The first-order valence-corrected chi connectivity index (χ1v) is 6.43. The molecular formula is C16H14F2N2. The second kappa shape index (κ2) is 5.43. The molecule has 102 valence electrons. The summed E-state index contributed by atoms with van der Waals surface area (Å²) in [6.45, 7) is 0.999. The number of aromatic amines is 1. The van der Waals surface area contributed by atoms with Gasteiger partial charge in [-0.2, -0.15) is 0 Å². The molecular weight excluding hydrogens is 258 g/mol. The van der Waals surface area contributed by atoms with Crippen molar-refractivity contribution in [3.63, 3.8) is 0 Å². The molecule has 1 heterocycles. The summed E-state index contributed by atoms with van der Waals surface area (Å²) in [6.07, 6.45) is 1.90. The Morgan fingerprint density at radius 2 is 1.80 bits per heavy atom. The normalized spacial score (nSPS) is 11.1. The molecule has 0 aliphatic rings. The largest absolute Gasteiger partial charge is 0.361 e. The highest BCUT2D eigenvalue weighted by atomic mass is 19.1. The standard InChI is InChI=1S/C16H14F2N2/c17-13-5-4-12(15(18)8-13)10-19-9-11-2-1-3-16-14(11)6-7-20-16/h1-8,19-20H,9-10H2. The number of benzene rings is 2. The Balaban J connectivity index is 1.69. The molecule has 20 heavy (non-hydrogen) atoms. The van der Waals surface area contributed by atoms with Gasteiger partial charge in [0.1, 0.15) is 11.6 Å². The van der Waals surface area contributed by atoms with Gasteiger partial charge in [0.15, 0.2) is 0 Å². The van der Waals surface area contributed by atoms with Crippen LogP contribution < -0.4 is 5.32 Å². The monoisotopic (exact) mass is 272 g/mol. The Hall–Kier alpha value is -2.20. The Morgan fingerprint density at radius 1 is 0.950 bits per heavy atom. The van der Waals surface area contributed by atoms with E-state index in [1.807, 2.05) is 30.5 Å². The number of hydrogen-bond acceptors (Lipinski definition) is 1. The van der Waals surface area contributed by atoms with E-state index in [-0.39, 0.29) is 0 Å². The van der Waals surface area contributed by atoms with Gasteiger partial charge in [0.2, 0.25) is 0 Å². The molecule has 4 heteroatoms. The third-order valence-electron chi connectivity index (χ3n) is 3.33. The van der Waals surface area contributed by atoms with Gasteiger partial charge < -0.3 is 10.3 Å². The Labute approximate surface area is 115 Å². The average Bonchev–Trinajstić information content (AvgIpc) is 2.90. The summed E-state index contributed by atoms with van der Waals surface area (Å²) in [5.41, 5.74) is 2.69. The number of aromatic nitrogens is 1. The van der Waals surface area contributed by atoms with Crippen molar-refractivity contribution in [2.45, 2.75) is 13.1 Å². The van der Waals surface area contributed by atoms with Gasteiger partial charge in [-0.1, -0.05) is 18.2 Å². The first-order valence-electron chi connectivity index (χ1n) is 6.43. The van der Waals surface area contributed by atoms with E-state index in [0.29, 0.717) is 18.7 Å². The van der Waals surface area contributed by atoms with Gasteiger partial charge in [-0.05, 0) is 23.8 Å². The van der Waals surface area contributed by atoms with E-state index in [2.05, 4.69) is 10.3 Å². The number of hydrogen-bond donors (Lipinski definition) is 2. The van der Waals surface area contributed by atoms with Crippen molar-refractivity contribution in [2.24, 2.45) is 0 Å². The smallest absolute Gasteiger partial charge is 0.130 e. The minimum absolute atomic E-state index is 0.368. The maximum Gasteiger partial charge on any atom is 0.130 e. The second-order valence-electron chi connectivity index (χ2n) is 4.70. The van der Waals surface area contributed by atoms with Crippen molar-refractivity contribution in [3.8, 4) is 0 Å². The molecule has 0 spiro atoms. The predicted molar refractivity (Wildman–Crippen MR) is 75.2 cm³/mol. The maximum absolute atomic E-state index is 13.5. The number of halogens is 2. The lowest BCUT2D eigenvalue weighted by molar-refractivity contribution is 0.560. The zero-order chi connectivity index (χ0) is 13.9. The molecule has 0 radical (unpaired) electrons. The van der Waals surface area contributed by atoms with Gasteiger partial charge in [-0.25, -0.2) is 8.78 Å². The quantitative estimate of drug-likeness (QED) is 0.744. The van der Waals surface area contributed by atoms with Crippen molar-refractivity contribution in [3.05, 3.63) is 71.4 Å². The molecule has 2 aromatic carbocycles. The van der Waals surface area contributed by atoms with Crippen molar-refractivity contribution >= 4 is 10.9 Å². The second-order valence-corrected chi connectivity index (χ2v) is 4.70. The Bertz CT molecular complexity index is 734. The summed E-state index contributed by atoms with van der Waals surface area (Å²) in [4.78, 5) is 3.15. The van der Waals surface area contributed by atoms with Gasteiger partial charge in [0.05, 0.1) is 0 Å². The van der Waals surface area contributed by atoms with E-state index in [4.69, 9.17) is 0 Å². The molecule has 0 amide bonds. The molecule has 0 aliphatic carbocycles. The zero-order valence-corrected chi connectivity index (χ0v) is 10.8. The van der Waals surface area contributed by atoms with Crippen LogP contribution in [-0.2, 0) is 13.1 Å². The fourth-order valence-corrected chi connectivity index (χ4v) is 2.30. The van der Waals surface area contributed by atoms with Gasteiger partial charge in [-0.3, -0.25) is 0 Å². The minimum Gasteiger partial charge on any atom is -0.361 e. The lowest BCUT2D eigenvalue weighted by atomic mass is 10.1. The van der Waals surface area contributed by atoms with Crippen molar-refractivity contribution in [1.29, 1.82) is 0 Å². The molecule has 0 atom stereocenters. The van der Waals surface area contributed by atoms with E-state index in [0.717, 1.165) is 22.5 Å². The van der Waals surface area contributed by atoms with Crippen LogP contribution in [0.3, 0.4) is 0 Å². The lowest BCUT2D eigenvalue weighted by Crippen LogP contribution is -2.14. The number of fused-ring (bicyclic) bond motifs is 1. The van der Waals surface area contributed by atoms with E-state index < -0.39 is 11.6 Å². The molecule has 0 unspecified atom stereocenters. The highest BCUT2D eigenvalue weighted by Gasteiger charge is 2.05. The van der Waals surface area contributed by atoms with Crippen LogP contribution in [0.15, 0.2) is 48.7 Å². The molecule has 3 rings (SSSR count). The van der Waals surface area contributed by atoms with Gasteiger partial charge in [0.25, 0.3) is 0 Å². The third kappa shape index (κ3) is 2.56. The molecule has 0 bridgehead atoms. The molecule has 3 aromatic rings. The fourth-order valence-electron chi connectivity index (χ4n) is 2.30. The van der Waals surface area contributed by atoms with Crippen LogP contribution in [0, 0.1) is 11.6 Å². The maximum atomic E-state index is 13.5. The van der Waals surface area contributed by atoms with Crippen LogP contribution in [0.25, 0.3) is 10.9 Å².